The second kappa shape index (κ2) is 10.8. The molecule has 0 aromatic carbocycles. The Morgan fingerprint density at radius 3 is 1.20 bits per heavy atom. The average Bonchev–Trinajstić information content (AvgIpc) is 2.35. The zero-order valence-electron chi connectivity index (χ0n) is 11.5. The summed E-state index contributed by atoms with van der Waals surface area (Å²) >= 11 is 0. The molecule has 0 N–H and O–H groups in total. The number of carbonyl (C=O) groups excluding carboxylic acids is 4. The van der Waals surface area contributed by atoms with Crippen molar-refractivity contribution >= 4 is 23.9 Å². The van der Waals surface area contributed by atoms with E-state index < -0.39 is 36.7 Å². The Bertz CT molecular complexity index is 315. The summed E-state index contributed by atoms with van der Waals surface area (Å²) in [6, 6.07) is 0. The Morgan fingerprint density at radius 1 is 0.600 bits per heavy atom. The molecule has 8 nitrogen and oxygen atoms in total. The van der Waals surface area contributed by atoms with Crippen LogP contribution in [0.15, 0.2) is 0 Å². The largest absolute Gasteiger partial charge is 0.466 e. The summed E-state index contributed by atoms with van der Waals surface area (Å²) < 4.78 is 18.4. The molecule has 0 aliphatic rings. The molecule has 8 heteroatoms. The summed E-state index contributed by atoms with van der Waals surface area (Å²) in [7, 11) is 0. The van der Waals surface area contributed by atoms with Crippen LogP contribution in [0.4, 0.5) is 0 Å². The molecule has 114 valence electrons. The van der Waals surface area contributed by atoms with Crippen LogP contribution in [0.2, 0.25) is 0 Å². The molecule has 0 fully saturated rings. The normalized spacial score (nSPS) is 9.50. The molecule has 0 bridgehead atoms. The molecule has 0 saturated heterocycles. The number of rotatable bonds is 9. The number of hydrogen-bond donors (Lipinski definition) is 0. The molecule has 0 unspecified atom stereocenters. The van der Waals surface area contributed by atoms with Crippen molar-refractivity contribution in [3.05, 3.63) is 0 Å². The van der Waals surface area contributed by atoms with Crippen molar-refractivity contribution in [3.63, 3.8) is 0 Å². The zero-order valence-corrected chi connectivity index (χ0v) is 11.5. The van der Waals surface area contributed by atoms with Crippen molar-refractivity contribution < 1.29 is 38.1 Å². The van der Waals surface area contributed by atoms with Crippen LogP contribution in [-0.2, 0) is 38.1 Å². The van der Waals surface area contributed by atoms with E-state index in [2.05, 4.69) is 18.9 Å². The maximum Gasteiger partial charge on any atom is 0.317 e. The van der Waals surface area contributed by atoms with Crippen LogP contribution in [0.1, 0.15) is 26.7 Å². The molecule has 0 radical (unpaired) electrons. The first-order valence-corrected chi connectivity index (χ1v) is 6.12. The summed E-state index contributed by atoms with van der Waals surface area (Å²) in [4.78, 5) is 44.0. The van der Waals surface area contributed by atoms with Crippen molar-refractivity contribution in [1.29, 1.82) is 0 Å². The van der Waals surface area contributed by atoms with Crippen LogP contribution in [0.3, 0.4) is 0 Å². The van der Waals surface area contributed by atoms with Crippen LogP contribution in [-0.4, -0.2) is 50.3 Å². The molecule has 0 atom stereocenters. The first kappa shape index (κ1) is 17.9. The van der Waals surface area contributed by atoms with Gasteiger partial charge in [-0.05, 0) is 13.8 Å². The summed E-state index contributed by atoms with van der Waals surface area (Å²) in [5.41, 5.74) is 0. The summed E-state index contributed by atoms with van der Waals surface area (Å²) in [5.74, 6) is -2.91. The van der Waals surface area contributed by atoms with Crippen molar-refractivity contribution in [2.45, 2.75) is 26.7 Å². The van der Waals surface area contributed by atoms with Gasteiger partial charge in [0, 0.05) is 0 Å². The molecule has 0 aromatic heterocycles. The highest BCUT2D eigenvalue weighted by atomic mass is 16.6. The van der Waals surface area contributed by atoms with Gasteiger partial charge in [-0.25, -0.2) is 0 Å². The van der Waals surface area contributed by atoms with Gasteiger partial charge in [-0.3, -0.25) is 19.2 Å². The second-order valence-electron chi connectivity index (χ2n) is 3.40. The lowest BCUT2D eigenvalue weighted by Gasteiger charge is -2.06. The maximum absolute atomic E-state index is 11.1. The second-order valence-corrected chi connectivity index (χ2v) is 3.40. The Hall–Kier alpha value is -2.12. The number of esters is 4. The first-order valence-electron chi connectivity index (χ1n) is 6.12. The van der Waals surface area contributed by atoms with Gasteiger partial charge in [0.25, 0.3) is 0 Å². The third kappa shape index (κ3) is 9.86. The molecule has 0 aliphatic heterocycles. The Balaban J connectivity index is 3.65. The van der Waals surface area contributed by atoms with Gasteiger partial charge in [-0.2, -0.15) is 0 Å². The molecular weight excluding hydrogens is 272 g/mol. The Kier molecular flexibility index (Phi) is 9.63. The van der Waals surface area contributed by atoms with Gasteiger partial charge in [0.05, 0.1) is 13.2 Å². The summed E-state index contributed by atoms with van der Waals surface area (Å²) in [6.07, 6.45) is -0.991. The first-order chi connectivity index (χ1) is 9.49. The summed E-state index contributed by atoms with van der Waals surface area (Å²) in [6.45, 7) is 3.19. The minimum absolute atomic E-state index is 0.178. The highest BCUT2D eigenvalue weighted by molar-refractivity contribution is 5.91. The topological polar surface area (TPSA) is 105 Å². The molecule has 0 rings (SSSR count). The van der Waals surface area contributed by atoms with Crippen molar-refractivity contribution in [3.8, 4) is 0 Å². The standard InChI is InChI=1S/C12H18O8/c1-3-17-9(13)7-11(15)19-5-6-20-12(16)8-10(14)18-4-2/h3-8H2,1-2H3. The van der Waals surface area contributed by atoms with Crippen molar-refractivity contribution in [2.75, 3.05) is 26.4 Å². The van der Waals surface area contributed by atoms with Crippen LogP contribution < -0.4 is 0 Å². The lowest BCUT2D eigenvalue weighted by molar-refractivity contribution is -0.160. The van der Waals surface area contributed by atoms with Gasteiger partial charge in [-0.1, -0.05) is 0 Å². The summed E-state index contributed by atoms with van der Waals surface area (Å²) in [5, 5.41) is 0. The highest BCUT2D eigenvalue weighted by Crippen LogP contribution is 1.93. The predicted molar refractivity (Wildman–Crippen MR) is 64.4 cm³/mol. The fraction of sp³-hybridized carbons (Fsp3) is 0.667. The molecule has 0 heterocycles. The van der Waals surface area contributed by atoms with E-state index in [1.165, 1.54) is 0 Å². The van der Waals surface area contributed by atoms with E-state index in [4.69, 9.17) is 0 Å². The molecule has 0 aliphatic carbocycles. The number of ether oxygens (including phenoxy) is 4. The third-order valence-electron chi connectivity index (χ3n) is 1.80. The zero-order chi connectivity index (χ0) is 15.4. The van der Waals surface area contributed by atoms with Gasteiger partial charge in [0.15, 0.2) is 0 Å². The van der Waals surface area contributed by atoms with E-state index >= 15 is 0 Å². The van der Waals surface area contributed by atoms with Crippen LogP contribution in [0.5, 0.6) is 0 Å². The van der Waals surface area contributed by atoms with Crippen molar-refractivity contribution in [2.24, 2.45) is 0 Å². The Labute approximate surface area is 116 Å². The van der Waals surface area contributed by atoms with E-state index in [0.29, 0.717) is 0 Å². The fourth-order valence-electron chi connectivity index (χ4n) is 1.07. The third-order valence-corrected chi connectivity index (χ3v) is 1.80. The van der Waals surface area contributed by atoms with E-state index in [1.54, 1.807) is 13.8 Å². The minimum atomic E-state index is -0.773. The number of carbonyl (C=O) groups is 4. The molecule has 20 heavy (non-hydrogen) atoms. The molecule has 0 spiro atoms. The average molecular weight is 290 g/mol. The van der Waals surface area contributed by atoms with Gasteiger partial charge in [0.2, 0.25) is 0 Å². The monoisotopic (exact) mass is 290 g/mol. The molecule has 0 saturated carbocycles. The van der Waals surface area contributed by atoms with Gasteiger partial charge in [-0.15, -0.1) is 0 Å². The highest BCUT2D eigenvalue weighted by Gasteiger charge is 2.13. The Morgan fingerprint density at radius 2 is 0.900 bits per heavy atom. The maximum atomic E-state index is 11.1. The number of hydrogen-bond acceptors (Lipinski definition) is 8. The van der Waals surface area contributed by atoms with E-state index in [1.807, 2.05) is 0 Å². The van der Waals surface area contributed by atoms with Gasteiger partial charge in [0.1, 0.15) is 26.1 Å². The fourth-order valence-corrected chi connectivity index (χ4v) is 1.07. The van der Waals surface area contributed by atoms with Gasteiger partial charge >= 0.3 is 23.9 Å². The van der Waals surface area contributed by atoms with E-state index in [-0.39, 0.29) is 26.4 Å². The van der Waals surface area contributed by atoms with Crippen molar-refractivity contribution in [1.82, 2.24) is 0 Å². The lowest BCUT2D eigenvalue weighted by atomic mass is 10.4. The van der Waals surface area contributed by atoms with Crippen LogP contribution in [0.25, 0.3) is 0 Å². The predicted octanol–water partition coefficient (Wildman–Crippen LogP) is -0.0208. The van der Waals surface area contributed by atoms with E-state index in [0.717, 1.165) is 0 Å². The smallest absolute Gasteiger partial charge is 0.317 e. The molecule has 0 aromatic rings. The quantitative estimate of drug-likeness (QED) is 0.252. The van der Waals surface area contributed by atoms with Crippen LogP contribution >= 0.6 is 0 Å². The van der Waals surface area contributed by atoms with Gasteiger partial charge < -0.3 is 18.9 Å². The molecular formula is C12H18O8. The minimum Gasteiger partial charge on any atom is -0.466 e. The lowest BCUT2D eigenvalue weighted by Crippen LogP contribution is -2.19. The van der Waals surface area contributed by atoms with Crippen LogP contribution in [0, 0.1) is 0 Å². The molecule has 0 amide bonds. The SMILES string of the molecule is CCOC(=O)CC(=O)OCCOC(=O)CC(=O)OCC. The van der Waals surface area contributed by atoms with E-state index in [9.17, 15) is 19.2 Å².